The van der Waals surface area contributed by atoms with Gasteiger partial charge in [0.1, 0.15) is 0 Å². The van der Waals surface area contributed by atoms with Crippen molar-refractivity contribution in [3.8, 4) is 0 Å². The van der Waals surface area contributed by atoms with Crippen molar-refractivity contribution in [2.45, 2.75) is 0 Å². The van der Waals surface area contributed by atoms with Crippen LogP contribution in [0, 0.1) is 0 Å². The summed E-state index contributed by atoms with van der Waals surface area (Å²) in [5.74, 6) is 1.54. The van der Waals surface area contributed by atoms with Gasteiger partial charge in [-0.1, -0.05) is 12.1 Å². The summed E-state index contributed by atoms with van der Waals surface area (Å²) < 4.78 is 0. The molecule has 0 atom stereocenters. The van der Waals surface area contributed by atoms with Gasteiger partial charge < -0.3 is 10.6 Å². The van der Waals surface area contributed by atoms with Crippen molar-refractivity contribution < 1.29 is 0 Å². The Labute approximate surface area is 81.0 Å². The summed E-state index contributed by atoms with van der Waals surface area (Å²) in [7, 11) is 0. The maximum Gasteiger partial charge on any atom is 0.174 e. The Morgan fingerprint density at radius 3 is 1.79 bits per heavy atom. The molecule has 14 heavy (non-hydrogen) atoms. The Morgan fingerprint density at radius 2 is 1.29 bits per heavy atom. The molecule has 0 amide bonds. The van der Waals surface area contributed by atoms with E-state index in [1.165, 1.54) is 0 Å². The van der Waals surface area contributed by atoms with Gasteiger partial charge in [-0.3, -0.25) is 0 Å². The third kappa shape index (κ3) is 1.01. The van der Waals surface area contributed by atoms with Crippen molar-refractivity contribution in [3.63, 3.8) is 0 Å². The average Bonchev–Trinajstić information content (AvgIpc) is 2.26. The average molecular weight is 184 g/mol. The lowest BCUT2D eigenvalue weighted by molar-refractivity contribution is 1.18. The Morgan fingerprint density at radius 1 is 0.786 bits per heavy atom. The quantitative estimate of drug-likeness (QED) is 0.562. The lowest BCUT2D eigenvalue weighted by Gasteiger charge is -2.20. The first kappa shape index (κ1) is 7.32. The molecule has 0 saturated carbocycles. The number of fused-ring (bicyclic) bond motifs is 2. The van der Waals surface area contributed by atoms with Crippen LogP contribution in [-0.2, 0) is 0 Å². The molecule has 0 radical (unpaired) electrons. The van der Waals surface area contributed by atoms with Crippen LogP contribution < -0.4 is 10.6 Å². The van der Waals surface area contributed by atoms with Crippen molar-refractivity contribution in [2.24, 2.45) is 0 Å². The number of aromatic nitrogens is 2. The summed E-state index contributed by atoms with van der Waals surface area (Å²) in [6, 6.07) is 7.96. The number of hydrogen-bond donors (Lipinski definition) is 2. The number of nitrogens with zero attached hydrogens (tertiary/aromatic N) is 2. The fourth-order valence-corrected chi connectivity index (χ4v) is 1.48. The van der Waals surface area contributed by atoms with Gasteiger partial charge in [-0.2, -0.15) is 0 Å². The smallest absolute Gasteiger partial charge is 0.174 e. The normalized spacial score (nSPS) is 12.0. The lowest BCUT2D eigenvalue weighted by atomic mass is 10.2. The molecule has 2 heterocycles. The molecule has 1 aromatic carbocycles. The SMILES string of the molecule is c1ccc2c(c1)Nc1nccnc1N2. The molecule has 0 unspecified atom stereocenters. The minimum absolute atomic E-state index is 0.770. The molecule has 0 saturated heterocycles. The highest BCUT2D eigenvalue weighted by atomic mass is 15.1. The van der Waals surface area contributed by atoms with E-state index in [2.05, 4.69) is 20.6 Å². The van der Waals surface area contributed by atoms with Crippen molar-refractivity contribution in [2.75, 3.05) is 10.6 Å². The monoisotopic (exact) mass is 184 g/mol. The predicted octanol–water partition coefficient (Wildman–Crippen LogP) is 2.28. The number of nitrogens with one attached hydrogen (secondary N) is 2. The molecule has 0 bridgehead atoms. The standard InChI is InChI=1S/C10H8N4/c1-2-4-8-7(3-1)13-9-10(14-8)12-6-5-11-9/h1-6H,(H,11,13)(H,12,14). The summed E-state index contributed by atoms with van der Waals surface area (Å²) in [6.07, 6.45) is 3.34. The summed E-state index contributed by atoms with van der Waals surface area (Å²) >= 11 is 0. The topological polar surface area (TPSA) is 49.8 Å². The number of rotatable bonds is 0. The van der Waals surface area contributed by atoms with Crippen LogP contribution >= 0.6 is 0 Å². The number of benzene rings is 1. The van der Waals surface area contributed by atoms with Crippen LogP contribution in [-0.4, -0.2) is 9.97 Å². The molecule has 0 aliphatic carbocycles. The van der Waals surface area contributed by atoms with Gasteiger partial charge in [-0.05, 0) is 12.1 Å². The zero-order valence-electron chi connectivity index (χ0n) is 7.36. The summed E-state index contributed by atoms with van der Waals surface area (Å²) in [6.45, 7) is 0. The molecule has 4 nitrogen and oxygen atoms in total. The van der Waals surface area contributed by atoms with Crippen molar-refractivity contribution in [1.29, 1.82) is 0 Å². The van der Waals surface area contributed by atoms with E-state index in [9.17, 15) is 0 Å². The van der Waals surface area contributed by atoms with E-state index in [0.29, 0.717) is 0 Å². The largest absolute Gasteiger partial charge is 0.335 e. The van der Waals surface area contributed by atoms with Crippen molar-refractivity contribution in [3.05, 3.63) is 36.7 Å². The Bertz CT molecular complexity index is 394. The van der Waals surface area contributed by atoms with Gasteiger partial charge in [0.05, 0.1) is 11.4 Å². The van der Waals surface area contributed by atoms with E-state index in [0.717, 1.165) is 23.0 Å². The van der Waals surface area contributed by atoms with E-state index in [-0.39, 0.29) is 0 Å². The maximum atomic E-state index is 4.18. The third-order valence-corrected chi connectivity index (χ3v) is 2.13. The van der Waals surface area contributed by atoms with E-state index in [1.807, 2.05) is 24.3 Å². The van der Waals surface area contributed by atoms with Crippen LogP contribution in [0.1, 0.15) is 0 Å². The maximum absolute atomic E-state index is 4.18. The van der Waals surface area contributed by atoms with Gasteiger partial charge in [0.25, 0.3) is 0 Å². The minimum atomic E-state index is 0.770. The molecule has 3 rings (SSSR count). The fraction of sp³-hybridized carbons (Fsp3) is 0. The first-order chi connectivity index (χ1) is 6.93. The Kier molecular flexibility index (Phi) is 1.41. The number of para-hydroxylation sites is 2. The van der Waals surface area contributed by atoms with E-state index in [4.69, 9.17) is 0 Å². The molecule has 0 fully saturated rings. The number of hydrogen-bond acceptors (Lipinski definition) is 4. The summed E-state index contributed by atoms with van der Waals surface area (Å²) in [4.78, 5) is 8.36. The van der Waals surface area contributed by atoms with Crippen molar-refractivity contribution >= 4 is 23.0 Å². The highest BCUT2D eigenvalue weighted by molar-refractivity contribution is 5.86. The van der Waals surface area contributed by atoms with Gasteiger partial charge in [0, 0.05) is 12.4 Å². The first-order valence-electron chi connectivity index (χ1n) is 4.37. The molecular formula is C10H8N4. The van der Waals surface area contributed by atoms with E-state index in [1.54, 1.807) is 12.4 Å². The van der Waals surface area contributed by atoms with Crippen LogP contribution in [0.2, 0.25) is 0 Å². The van der Waals surface area contributed by atoms with Crippen LogP contribution in [0.15, 0.2) is 36.7 Å². The second-order valence-corrected chi connectivity index (χ2v) is 3.05. The Hall–Kier alpha value is -2.10. The van der Waals surface area contributed by atoms with Crippen LogP contribution in [0.4, 0.5) is 23.0 Å². The first-order valence-corrected chi connectivity index (χ1v) is 4.37. The van der Waals surface area contributed by atoms with Gasteiger partial charge in [-0.15, -0.1) is 0 Å². The molecular weight excluding hydrogens is 176 g/mol. The number of anilines is 4. The van der Waals surface area contributed by atoms with Crippen LogP contribution in [0.3, 0.4) is 0 Å². The summed E-state index contributed by atoms with van der Waals surface area (Å²) in [5, 5.41) is 6.41. The second-order valence-electron chi connectivity index (χ2n) is 3.05. The van der Waals surface area contributed by atoms with E-state index >= 15 is 0 Å². The van der Waals surface area contributed by atoms with Crippen LogP contribution in [0.5, 0.6) is 0 Å². The van der Waals surface area contributed by atoms with Gasteiger partial charge >= 0.3 is 0 Å². The minimum Gasteiger partial charge on any atom is -0.335 e. The molecule has 1 aromatic heterocycles. The van der Waals surface area contributed by atoms with Gasteiger partial charge in [0.2, 0.25) is 0 Å². The lowest BCUT2D eigenvalue weighted by Crippen LogP contribution is -2.08. The molecule has 2 aromatic rings. The molecule has 1 aliphatic rings. The zero-order valence-corrected chi connectivity index (χ0v) is 7.36. The van der Waals surface area contributed by atoms with Gasteiger partial charge in [0.15, 0.2) is 11.6 Å². The molecule has 0 spiro atoms. The molecule has 4 heteroatoms. The third-order valence-electron chi connectivity index (χ3n) is 2.13. The zero-order chi connectivity index (χ0) is 9.38. The van der Waals surface area contributed by atoms with Crippen LogP contribution in [0.25, 0.3) is 0 Å². The van der Waals surface area contributed by atoms with Crippen molar-refractivity contribution in [1.82, 2.24) is 9.97 Å². The highest BCUT2D eigenvalue weighted by Gasteiger charge is 2.14. The summed E-state index contributed by atoms with van der Waals surface area (Å²) in [5.41, 5.74) is 2.06. The second kappa shape index (κ2) is 2.70. The predicted molar refractivity (Wildman–Crippen MR) is 55.0 cm³/mol. The fourth-order valence-electron chi connectivity index (χ4n) is 1.48. The molecule has 2 N–H and O–H groups in total. The highest BCUT2D eigenvalue weighted by Crippen LogP contribution is 2.34. The molecule has 68 valence electrons. The molecule has 1 aliphatic heterocycles. The van der Waals surface area contributed by atoms with E-state index < -0.39 is 0 Å². The van der Waals surface area contributed by atoms with Gasteiger partial charge in [-0.25, -0.2) is 9.97 Å². The Balaban J connectivity index is 2.12.